The van der Waals surface area contributed by atoms with Gasteiger partial charge < -0.3 is 15.5 Å². The Bertz CT molecular complexity index is 564. The summed E-state index contributed by atoms with van der Waals surface area (Å²) in [4.78, 5) is 21.3. The van der Waals surface area contributed by atoms with Gasteiger partial charge in [0.15, 0.2) is 5.17 Å². The van der Waals surface area contributed by atoms with Crippen LogP contribution in [-0.2, 0) is 6.54 Å². The van der Waals surface area contributed by atoms with Crippen molar-refractivity contribution in [2.75, 3.05) is 32.7 Å². The first-order chi connectivity index (χ1) is 10.7. The van der Waals surface area contributed by atoms with E-state index in [-0.39, 0.29) is 5.91 Å². The van der Waals surface area contributed by atoms with Gasteiger partial charge in [-0.25, -0.2) is 0 Å². The fourth-order valence-electron chi connectivity index (χ4n) is 2.70. The molecule has 1 fully saturated rings. The van der Waals surface area contributed by atoms with Gasteiger partial charge in [0, 0.05) is 43.5 Å². The van der Waals surface area contributed by atoms with Crippen molar-refractivity contribution in [3.05, 3.63) is 35.4 Å². The topological polar surface area (TPSA) is 61.9 Å². The summed E-state index contributed by atoms with van der Waals surface area (Å²) < 4.78 is 0. The number of aliphatic imine (C=N–C) groups is 1. The second kappa shape index (κ2) is 6.71. The number of amidine groups is 1. The molecule has 0 aromatic heterocycles. The Labute approximate surface area is 135 Å². The highest BCUT2D eigenvalue weighted by atomic mass is 32.2. The predicted octanol–water partition coefficient (Wildman–Crippen LogP) is 1.39. The van der Waals surface area contributed by atoms with Gasteiger partial charge in [-0.05, 0) is 17.7 Å². The molecule has 1 aromatic carbocycles. The van der Waals surface area contributed by atoms with Gasteiger partial charge in [-0.2, -0.15) is 0 Å². The minimum absolute atomic E-state index is 0.109. The molecule has 2 heterocycles. The number of hydrogen-bond acceptors (Lipinski definition) is 5. The summed E-state index contributed by atoms with van der Waals surface area (Å²) >= 11 is 1.84. The Morgan fingerprint density at radius 1 is 1.27 bits per heavy atom. The van der Waals surface area contributed by atoms with Gasteiger partial charge >= 0.3 is 0 Å². The first kappa shape index (κ1) is 15.4. The molecule has 0 aliphatic carbocycles. The molecule has 1 amide bonds. The molecule has 2 N–H and O–H groups in total. The van der Waals surface area contributed by atoms with Crippen LogP contribution < -0.4 is 5.73 Å². The standard InChI is InChI=1S/C16H22N4OS/c1-12-11-18-16(22-12)20-8-6-19(7-9-20)15(21)14-4-2-13(10-17)3-5-14/h2-5,12H,6-11,17H2,1H3. The molecule has 1 aromatic rings. The summed E-state index contributed by atoms with van der Waals surface area (Å²) in [7, 11) is 0. The molecule has 0 radical (unpaired) electrons. The van der Waals surface area contributed by atoms with Gasteiger partial charge in [-0.1, -0.05) is 30.8 Å². The smallest absolute Gasteiger partial charge is 0.253 e. The highest BCUT2D eigenvalue weighted by molar-refractivity contribution is 8.14. The number of benzene rings is 1. The number of piperazine rings is 1. The lowest BCUT2D eigenvalue weighted by atomic mass is 10.1. The van der Waals surface area contributed by atoms with Crippen LogP contribution in [0.2, 0.25) is 0 Å². The molecule has 5 nitrogen and oxygen atoms in total. The fraction of sp³-hybridized carbons (Fsp3) is 0.500. The summed E-state index contributed by atoms with van der Waals surface area (Å²) in [6, 6.07) is 7.59. The maximum atomic E-state index is 12.5. The lowest BCUT2D eigenvalue weighted by Crippen LogP contribution is -2.49. The van der Waals surface area contributed by atoms with Crippen LogP contribution in [0.4, 0.5) is 0 Å². The Morgan fingerprint density at radius 3 is 2.50 bits per heavy atom. The fourth-order valence-corrected chi connectivity index (χ4v) is 3.69. The third kappa shape index (κ3) is 3.28. The molecule has 3 rings (SSSR count). The third-order valence-corrected chi connectivity index (χ3v) is 5.21. The molecule has 0 saturated carbocycles. The Kier molecular flexibility index (Phi) is 4.69. The van der Waals surface area contributed by atoms with E-state index in [0.717, 1.165) is 49.0 Å². The van der Waals surface area contributed by atoms with Crippen molar-refractivity contribution in [2.24, 2.45) is 10.7 Å². The zero-order valence-corrected chi connectivity index (χ0v) is 13.7. The second-order valence-electron chi connectivity index (χ2n) is 5.73. The lowest BCUT2D eigenvalue weighted by Gasteiger charge is -2.35. The van der Waals surface area contributed by atoms with Gasteiger partial charge in [0.05, 0.1) is 6.54 Å². The van der Waals surface area contributed by atoms with Gasteiger partial charge in [-0.3, -0.25) is 9.79 Å². The zero-order valence-electron chi connectivity index (χ0n) is 12.9. The summed E-state index contributed by atoms with van der Waals surface area (Å²) in [6.07, 6.45) is 0. The van der Waals surface area contributed by atoms with Crippen LogP contribution in [0.15, 0.2) is 29.3 Å². The van der Waals surface area contributed by atoms with Crippen molar-refractivity contribution in [1.29, 1.82) is 0 Å². The van der Waals surface area contributed by atoms with E-state index in [1.54, 1.807) is 0 Å². The van der Waals surface area contributed by atoms with Crippen LogP contribution in [0, 0.1) is 0 Å². The minimum atomic E-state index is 0.109. The summed E-state index contributed by atoms with van der Waals surface area (Å²) in [6.45, 7) is 6.86. The zero-order chi connectivity index (χ0) is 15.5. The highest BCUT2D eigenvalue weighted by Gasteiger charge is 2.26. The van der Waals surface area contributed by atoms with Gasteiger partial charge in [0.25, 0.3) is 5.91 Å². The Hall–Kier alpha value is -1.53. The van der Waals surface area contributed by atoms with Crippen LogP contribution in [0.25, 0.3) is 0 Å². The van der Waals surface area contributed by atoms with Crippen LogP contribution in [0.3, 0.4) is 0 Å². The number of thioether (sulfide) groups is 1. The Morgan fingerprint density at radius 2 is 1.95 bits per heavy atom. The molecule has 0 bridgehead atoms. The number of carbonyl (C=O) groups excluding carboxylic acids is 1. The van der Waals surface area contributed by atoms with Gasteiger partial charge in [0.2, 0.25) is 0 Å². The monoisotopic (exact) mass is 318 g/mol. The number of nitrogens with zero attached hydrogens (tertiary/aromatic N) is 3. The number of nitrogens with two attached hydrogens (primary N) is 1. The van der Waals surface area contributed by atoms with E-state index in [4.69, 9.17) is 5.73 Å². The Balaban J connectivity index is 1.57. The number of hydrogen-bond donors (Lipinski definition) is 1. The summed E-state index contributed by atoms with van der Waals surface area (Å²) in [5.41, 5.74) is 7.38. The third-order valence-electron chi connectivity index (χ3n) is 4.06. The molecule has 118 valence electrons. The molecule has 0 spiro atoms. The van der Waals surface area contributed by atoms with Crippen LogP contribution in [-0.4, -0.2) is 58.8 Å². The average molecular weight is 318 g/mol. The molecule has 22 heavy (non-hydrogen) atoms. The van der Waals surface area contributed by atoms with Crippen molar-refractivity contribution in [3.63, 3.8) is 0 Å². The van der Waals surface area contributed by atoms with Crippen LogP contribution in [0.1, 0.15) is 22.8 Å². The van der Waals surface area contributed by atoms with Crippen molar-refractivity contribution in [1.82, 2.24) is 9.80 Å². The first-order valence-corrected chi connectivity index (χ1v) is 8.59. The van der Waals surface area contributed by atoms with Crippen LogP contribution >= 0.6 is 11.8 Å². The molecule has 2 aliphatic heterocycles. The van der Waals surface area contributed by atoms with Crippen molar-refractivity contribution < 1.29 is 4.79 Å². The molecule has 1 atom stereocenters. The summed E-state index contributed by atoms with van der Waals surface area (Å²) in [5, 5.41) is 1.72. The van der Waals surface area contributed by atoms with Gasteiger partial charge in [-0.15, -0.1) is 0 Å². The van der Waals surface area contributed by atoms with E-state index in [9.17, 15) is 4.79 Å². The van der Waals surface area contributed by atoms with Crippen molar-refractivity contribution in [3.8, 4) is 0 Å². The van der Waals surface area contributed by atoms with E-state index in [1.807, 2.05) is 40.9 Å². The van der Waals surface area contributed by atoms with E-state index >= 15 is 0 Å². The maximum absolute atomic E-state index is 12.5. The first-order valence-electron chi connectivity index (χ1n) is 7.71. The number of rotatable bonds is 2. The SMILES string of the molecule is CC1CN=C(N2CCN(C(=O)c3ccc(CN)cc3)CC2)S1. The van der Waals surface area contributed by atoms with Crippen molar-refractivity contribution >= 4 is 22.8 Å². The molecule has 1 unspecified atom stereocenters. The molecule has 1 saturated heterocycles. The van der Waals surface area contributed by atoms with Gasteiger partial charge in [0.1, 0.15) is 0 Å². The quantitative estimate of drug-likeness (QED) is 0.895. The van der Waals surface area contributed by atoms with E-state index < -0.39 is 0 Å². The molecular formula is C16H22N4OS. The molecular weight excluding hydrogens is 296 g/mol. The lowest BCUT2D eigenvalue weighted by molar-refractivity contribution is 0.0693. The molecule has 6 heteroatoms. The predicted molar refractivity (Wildman–Crippen MR) is 91.2 cm³/mol. The largest absolute Gasteiger partial charge is 0.348 e. The van der Waals surface area contributed by atoms with Crippen LogP contribution in [0.5, 0.6) is 0 Å². The van der Waals surface area contributed by atoms with E-state index in [2.05, 4.69) is 16.8 Å². The molecule has 2 aliphatic rings. The average Bonchev–Trinajstić information content (AvgIpc) is 3.01. The number of amides is 1. The normalized spacial score (nSPS) is 21.9. The highest BCUT2D eigenvalue weighted by Crippen LogP contribution is 2.23. The van der Waals surface area contributed by atoms with E-state index in [1.165, 1.54) is 0 Å². The van der Waals surface area contributed by atoms with Crippen molar-refractivity contribution in [2.45, 2.75) is 18.7 Å². The second-order valence-corrected chi connectivity index (χ2v) is 7.14. The number of carbonyl (C=O) groups is 1. The van der Waals surface area contributed by atoms with E-state index in [0.29, 0.717) is 11.8 Å². The summed E-state index contributed by atoms with van der Waals surface area (Å²) in [5.74, 6) is 0.109. The minimum Gasteiger partial charge on any atom is -0.348 e. The maximum Gasteiger partial charge on any atom is 0.253 e.